The number of halogens is 3. The molecule has 32 heavy (non-hydrogen) atoms. The van der Waals surface area contributed by atoms with E-state index < -0.39 is 17.6 Å². The van der Waals surface area contributed by atoms with Crippen molar-refractivity contribution in [2.45, 2.75) is 6.18 Å². The van der Waals surface area contributed by atoms with Gasteiger partial charge in [-0.2, -0.15) is 13.2 Å². The number of alkyl halides is 3. The van der Waals surface area contributed by atoms with Gasteiger partial charge in [-0.25, -0.2) is 4.98 Å². The molecule has 162 valence electrons. The minimum atomic E-state index is -4.45. The quantitative estimate of drug-likeness (QED) is 0.369. The molecule has 2 heterocycles. The monoisotopic (exact) mass is 491 g/mol. The molecule has 0 aliphatic carbocycles. The van der Waals surface area contributed by atoms with Gasteiger partial charge in [-0.3, -0.25) is 14.9 Å². The van der Waals surface area contributed by atoms with E-state index in [0.29, 0.717) is 26.0 Å². The highest BCUT2D eigenvalue weighted by Gasteiger charge is 2.30. The number of aromatic nitrogens is 1. The van der Waals surface area contributed by atoms with Gasteiger partial charge in [-0.05, 0) is 35.9 Å². The maximum atomic E-state index is 12.9. The zero-order valence-corrected chi connectivity index (χ0v) is 18.3. The van der Waals surface area contributed by atoms with Crippen LogP contribution < -0.4 is 10.6 Å². The summed E-state index contributed by atoms with van der Waals surface area (Å²) in [4.78, 5) is 28.9. The standard InChI is InChI=1S/C21H12F3N3O2S3/c22-21(23,24)14-3-1-2-13(9-14)15-10-31-19(25-15)26-17(28)12-6-4-11(5-7-12)8-16-18(29)27-20(30)32-16/h1-10H,(H,25,26,28)(H,27,29,30)/b16-8-. The summed E-state index contributed by atoms with van der Waals surface area (Å²) in [6, 6.07) is 11.4. The summed E-state index contributed by atoms with van der Waals surface area (Å²) >= 11 is 7.22. The molecule has 4 rings (SSSR count). The first kappa shape index (κ1) is 22.2. The van der Waals surface area contributed by atoms with E-state index >= 15 is 0 Å². The molecule has 0 bridgehead atoms. The molecule has 0 spiro atoms. The summed E-state index contributed by atoms with van der Waals surface area (Å²) in [5, 5.41) is 7.02. The molecule has 1 aliphatic rings. The molecule has 2 amide bonds. The number of carbonyl (C=O) groups is 2. The summed E-state index contributed by atoms with van der Waals surface area (Å²) in [7, 11) is 0. The fourth-order valence-electron chi connectivity index (χ4n) is 2.79. The summed E-state index contributed by atoms with van der Waals surface area (Å²) in [6.07, 6.45) is -2.78. The molecular weight excluding hydrogens is 479 g/mol. The molecule has 1 saturated heterocycles. The molecule has 1 aliphatic heterocycles. The Kier molecular flexibility index (Phi) is 6.13. The third-order valence-corrected chi connectivity index (χ3v) is 6.24. The Hall–Kier alpha value is -3.02. The highest BCUT2D eigenvalue weighted by atomic mass is 32.2. The van der Waals surface area contributed by atoms with Crippen LogP contribution in [0.1, 0.15) is 21.5 Å². The number of benzene rings is 2. The summed E-state index contributed by atoms with van der Waals surface area (Å²) in [6.45, 7) is 0. The topological polar surface area (TPSA) is 71.1 Å². The number of thiocarbonyl (C=S) groups is 1. The Balaban J connectivity index is 1.45. The van der Waals surface area contributed by atoms with Gasteiger partial charge in [-0.15, -0.1) is 11.3 Å². The molecule has 0 saturated carbocycles. The second-order valence-electron chi connectivity index (χ2n) is 6.54. The average molecular weight is 492 g/mol. The van der Waals surface area contributed by atoms with Crippen LogP contribution in [0.4, 0.5) is 18.3 Å². The first-order chi connectivity index (χ1) is 15.2. The number of carbonyl (C=O) groups excluding carboxylic acids is 2. The van der Waals surface area contributed by atoms with Gasteiger partial charge in [0.1, 0.15) is 4.32 Å². The summed E-state index contributed by atoms with van der Waals surface area (Å²) in [5.74, 6) is -0.675. The molecule has 0 unspecified atom stereocenters. The predicted octanol–water partition coefficient (Wildman–Crippen LogP) is 5.57. The van der Waals surface area contributed by atoms with Crippen LogP contribution in [0, 0.1) is 0 Å². The van der Waals surface area contributed by atoms with Crippen molar-refractivity contribution in [1.82, 2.24) is 10.3 Å². The minimum absolute atomic E-state index is 0.262. The molecule has 2 aromatic carbocycles. The zero-order valence-electron chi connectivity index (χ0n) is 15.9. The fraction of sp³-hybridized carbons (Fsp3) is 0.0476. The first-order valence-corrected chi connectivity index (χ1v) is 11.1. The van der Waals surface area contributed by atoms with Crippen molar-refractivity contribution in [2.75, 3.05) is 5.32 Å². The number of hydrogen-bond acceptors (Lipinski definition) is 6. The highest BCUT2D eigenvalue weighted by Crippen LogP contribution is 2.33. The lowest BCUT2D eigenvalue weighted by Crippen LogP contribution is -2.17. The number of rotatable bonds is 4. The van der Waals surface area contributed by atoms with E-state index in [1.165, 1.54) is 23.9 Å². The summed E-state index contributed by atoms with van der Waals surface area (Å²) in [5.41, 5.74) is 0.969. The van der Waals surface area contributed by atoms with E-state index in [9.17, 15) is 22.8 Å². The molecule has 1 aromatic heterocycles. The number of nitrogens with zero attached hydrogens (tertiary/aromatic N) is 1. The Labute approximate surface area is 193 Å². The number of thiazole rings is 1. The lowest BCUT2D eigenvalue weighted by molar-refractivity contribution is -0.137. The van der Waals surface area contributed by atoms with E-state index in [4.69, 9.17) is 12.2 Å². The van der Waals surface area contributed by atoms with Crippen LogP contribution in [-0.4, -0.2) is 21.1 Å². The molecule has 2 N–H and O–H groups in total. The molecular formula is C21H12F3N3O2S3. The van der Waals surface area contributed by atoms with Crippen LogP contribution in [0.3, 0.4) is 0 Å². The Bertz CT molecular complexity index is 1250. The number of thioether (sulfide) groups is 1. The van der Waals surface area contributed by atoms with Crippen LogP contribution in [0.25, 0.3) is 17.3 Å². The smallest absolute Gasteiger partial charge is 0.307 e. The van der Waals surface area contributed by atoms with E-state index in [1.54, 1.807) is 35.7 Å². The van der Waals surface area contributed by atoms with Crippen molar-refractivity contribution in [3.63, 3.8) is 0 Å². The predicted molar refractivity (Wildman–Crippen MR) is 123 cm³/mol. The number of amides is 2. The molecule has 0 radical (unpaired) electrons. The van der Waals surface area contributed by atoms with Gasteiger partial charge in [-0.1, -0.05) is 48.2 Å². The Morgan fingerprint density at radius 2 is 1.91 bits per heavy atom. The van der Waals surface area contributed by atoms with E-state index in [2.05, 4.69) is 15.6 Å². The molecule has 1 fully saturated rings. The third kappa shape index (κ3) is 5.06. The first-order valence-electron chi connectivity index (χ1n) is 8.98. The van der Waals surface area contributed by atoms with Crippen LogP contribution in [0.2, 0.25) is 0 Å². The molecule has 3 aromatic rings. The number of nitrogens with one attached hydrogen (secondary N) is 2. The van der Waals surface area contributed by atoms with Gasteiger partial charge >= 0.3 is 6.18 Å². The summed E-state index contributed by atoms with van der Waals surface area (Å²) < 4.78 is 39.2. The van der Waals surface area contributed by atoms with Crippen LogP contribution in [-0.2, 0) is 11.0 Å². The van der Waals surface area contributed by atoms with E-state index in [1.807, 2.05) is 0 Å². The number of anilines is 1. The van der Waals surface area contributed by atoms with Gasteiger partial charge in [0, 0.05) is 16.5 Å². The Morgan fingerprint density at radius 3 is 2.56 bits per heavy atom. The normalized spacial score (nSPS) is 15.2. The van der Waals surface area contributed by atoms with Gasteiger partial charge in [0.15, 0.2) is 5.13 Å². The van der Waals surface area contributed by atoms with E-state index in [0.717, 1.165) is 29.0 Å². The lowest BCUT2D eigenvalue weighted by atomic mass is 10.1. The highest BCUT2D eigenvalue weighted by molar-refractivity contribution is 8.26. The van der Waals surface area contributed by atoms with Crippen molar-refractivity contribution in [1.29, 1.82) is 0 Å². The fourth-order valence-corrected chi connectivity index (χ4v) is 4.55. The van der Waals surface area contributed by atoms with Crippen molar-refractivity contribution in [2.24, 2.45) is 0 Å². The van der Waals surface area contributed by atoms with Crippen molar-refractivity contribution >= 4 is 62.7 Å². The maximum Gasteiger partial charge on any atom is 0.416 e. The lowest BCUT2D eigenvalue weighted by Gasteiger charge is -2.07. The van der Waals surface area contributed by atoms with Gasteiger partial charge in [0.2, 0.25) is 0 Å². The number of hydrogen-bond donors (Lipinski definition) is 2. The molecule has 0 atom stereocenters. The van der Waals surface area contributed by atoms with Gasteiger partial charge in [0.05, 0.1) is 16.2 Å². The van der Waals surface area contributed by atoms with Crippen LogP contribution in [0.15, 0.2) is 58.8 Å². The van der Waals surface area contributed by atoms with Crippen LogP contribution in [0.5, 0.6) is 0 Å². The van der Waals surface area contributed by atoms with Crippen molar-refractivity contribution < 1.29 is 22.8 Å². The SMILES string of the molecule is O=C1NC(=S)S/C1=C\c1ccc(C(=O)Nc2nc(-c3cccc(C(F)(F)F)c3)cs2)cc1. The van der Waals surface area contributed by atoms with Crippen molar-refractivity contribution in [3.05, 3.63) is 75.5 Å². The maximum absolute atomic E-state index is 12.9. The van der Waals surface area contributed by atoms with Crippen LogP contribution >= 0.6 is 35.3 Å². The second kappa shape index (κ2) is 8.85. The molecule has 11 heteroatoms. The second-order valence-corrected chi connectivity index (χ2v) is 9.12. The average Bonchev–Trinajstić information content (AvgIpc) is 3.34. The third-order valence-electron chi connectivity index (χ3n) is 4.32. The Morgan fingerprint density at radius 1 is 1.16 bits per heavy atom. The minimum Gasteiger partial charge on any atom is -0.307 e. The van der Waals surface area contributed by atoms with Gasteiger partial charge < -0.3 is 5.32 Å². The van der Waals surface area contributed by atoms with Gasteiger partial charge in [0.25, 0.3) is 11.8 Å². The zero-order chi connectivity index (χ0) is 22.9. The van der Waals surface area contributed by atoms with E-state index in [-0.39, 0.29) is 11.0 Å². The molecule has 5 nitrogen and oxygen atoms in total. The van der Waals surface area contributed by atoms with Crippen molar-refractivity contribution in [3.8, 4) is 11.3 Å². The largest absolute Gasteiger partial charge is 0.416 e.